The van der Waals surface area contributed by atoms with Crippen LogP contribution in [-0.2, 0) is 21.3 Å². The molecule has 0 bridgehead atoms. The molecule has 1 aliphatic heterocycles. The van der Waals surface area contributed by atoms with Gasteiger partial charge >= 0.3 is 5.97 Å². The lowest BCUT2D eigenvalue weighted by atomic mass is 10.2. The van der Waals surface area contributed by atoms with Crippen LogP contribution in [-0.4, -0.2) is 42.8 Å². The van der Waals surface area contributed by atoms with E-state index in [4.69, 9.17) is 11.6 Å². The predicted molar refractivity (Wildman–Crippen MR) is 92.7 cm³/mol. The van der Waals surface area contributed by atoms with Crippen LogP contribution in [0.3, 0.4) is 0 Å². The van der Waals surface area contributed by atoms with Crippen LogP contribution in [0.5, 0.6) is 0 Å². The van der Waals surface area contributed by atoms with Crippen molar-refractivity contribution in [3.05, 3.63) is 46.1 Å². The average Bonchev–Trinajstić information content (AvgIpc) is 3.04. The van der Waals surface area contributed by atoms with Gasteiger partial charge in [0, 0.05) is 18.1 Å². The van der Waals surface area contributed by atoms with Gasteiger partial charge in [0.2, 0.25) is 5.95 Å². The van der Waals surface area contributed by atoms with Crippen LogP contribution in [0.4, 0.5) is 5.95 Å². The summed E-state index contributed by atoms with van der Waals surface area (Å²) < 4.78 is 32.4. The Kier molecular flexibility index (Phi) is 4.78. The highest BCUT2D eigenvalue weighted by molar-refractivity contribution is 7.95. The zero-order valence-corrected chi connectivity index (χ0v) is 14.9. The van der Waals surface area contributed by atoms with Crippen molar-refractivity contribution in [2.45, 2.75) is 13.0 Å². The summed E-state index contributed by atoms with van der Waals surface area (Å²) in [5, 5.41) is 5.51. The fourth-order valence-electron chi connectivity index (χ4n) is 2.39. The largest absolute Gasteiger partial charge is 0.463 e. The summed E-state index contributed by atoms with van der Waals surface area (Å²) in [4.78, 5) is 15.6. The number of aryl methyl sites for hydroxylation is 1. The molecule has 8 nitrogen and oxygen atoms in total. The maximum Gasteiger partial charge on any atom is 0.378 e. The van der Waals surface area contributed by atoms with E-state index in [1.165, 1.54) is 17.9 Å². The van der Waals surface area contributed by atoms with Gasteiger partial charge in [-0.05, 0) is 24.1 Å². The number of halogens is 1. The summed E-state index contributed by atoms with van der Waals surface area (Å²) in [5.41, 5.74) is 0.585. The lowest BCUT2D eigenvalue weighted by Gasteiger charge is -2.25. The molecule has 3 rings (SSSR count). The zero-order valence-electron chi connectivity index (χ0n) is 13.3. The summed E-state index contributed by atoms with van der Waals surface area (Å²) in [6.45, 7) is 0.716. The van der Waals surface area contributed by atoms with E-state index >= 15 is 0 Å². The SMILES string of the molecule is COC(=O)c1nc2n(n1)CCCN2S(=O)(=O)/C=C/c1ccccc1Cl. The van der Waals surface area contributed by atoms with Gasteiger partial charge in [-0.15, -0.1) is 5.10 Å². The molecule has 2 heterocycles. The standard InChI is InChI=1S/C15H15ClN4O4S/c1-24-14(21)13-17-15-19(18-13)8-4-9-20(15)25(22,23)10-7-11-5-2-3-6-12(11)16/h2-3,5-7,10H,4,8-9H2,1H3/b10-7+. The number of carbonyl (C=O) groups excluding carboxylic acids is 1. The van der Waals surface area contributed by atoms with Crippen LogP contribution in [0.15, 0.2) is 29.7 Å². The van der Waals surface area contributed by atoms with Crippen LogP contribution >= 0.6 is 11.6 Å². The summed E-state index contributed by atoms with van der Waals surface area (Å²) in [6, 6.07) is 6.91. The third kappa shape index (κ3) is 3.52. The van der Waals surface area contributed by atoms with Crippen molar-refractivity contribution in [2.75, 3.05) is 18.0 Å². The van der Waals surface area contributed by atoms with E-state index in [0.717, 1.165) is 9.71 Å². The summed E-state index contributed by atoms with van der Waals surface area (Å²) in [7, 11) is -2.60. The minimum atomic E-state index is -3.81. The normalized spacial score (nSPS) is 14.6. The molecule has 2 aromatic rings. The maximum atomic E-state index is 12.7. The smallest absolute Gasteiger partial charge is 0.378 e. The number of rotatable bonds is 4. The highest BCUT2D eigenvalue weighted by Gasteiger charge is 2.30. The fourth-order valence-corrected chi connectivity index (χ4v) is 3.80. The van der Waals surface area contributed by atoms with Gasteiger partial charge in [-0.3, -0.25) is 0 Å². The predicted octanol–water partition coefficient (Wildman–Crippen LogP) is 1.93. The first-order valence-electron chi connectivity index (χ1n) is 7.41. The lowest BCUT2D eigenvalue weighted by molar-refractivity contribution is 0.0586. The highest BCUT2D eigenvalue weighted by Crippen LogP contribution is 2.24. The second-order valence-electron chi connectivity index (χ2n) is 5.25. The number of aromatic nitrogens is 3. The van der Waals surface area contributed by atoms with Gasteiger partial charge in [-0.2, -0.15) is 4.98 Å². The molecule has 0 aliphatic carbocycles. The number of esters is 1. The van der Waals surface area contributed by atoms with Gasteiger partial charge in [0.15, 0.2) is 0 Å². The van der Waals surface area contributed by atoms with E-state index in [1.54, 1.807) is 24.3 Å². The van der Waals surface area contributed by atoms with E-state index in [0.29, 0.717) is 23.6 Å². The zero-order chi connectivity index (χ0) is 18.0. The van der Waals surface area contributed by atoms with E-state index in [9.17, 15) is 13.2 Å². The Morgan fingerprint density at radius 2 is 2.08 bits per heavy atom. The van der Waals surface area contributed by atoms with Gasteiger partial charge in [-0.1, -0.05) is 29.8 Å². The molecule has 0 saturated heterocycles. The molecule has 1 aromatic carbocycles. The van der Waals surface area contributed by atoms with Crippen LogP contribution in [0.25, 0.3) is 6.08 Å². The molecule has 1 aliphatic rings. The number of ether oxygens (including phenoxy) is 1. The highest BCUT2D eigenvalue weighted by atomic mass is 35.5. The number of benzene rings is 1. The van der Waals surface area contributed by atoms with Gasteiger partial charge in [0.25, 0.3) is 15.8 Å². The lowest BCUT2D eigenvalue weighted by Crippen LogP contribution is -2.36. The number of fused-ring (bicyclic) bond motifs is 1. The average molecular weight is 383 g/mol. The molecule has 0 fully saturated rings. The van der Waals surface area contributed by atoms with Gasteiger partial charge in [0.1, 0.15) is 0 Å². The molecule has 10 heteroatoms. The molecule has 132 valence electrons. The van der Waals surface area contributed by atoms with Gasteiger partial charge in [-0.25, -0.2) is 22.2 Å². The third-order valence-electron chi connectivity index (χ3n) is 3.61. The number of nitrogens with zero attached hydrogens (tertiary/aromatic N) is 4. The molecular weight excluding hydrogens is 368 g/mol. The van der Waals surface area contributed by atoms with Crippen molar-refractivity contribution in [3.8, 4) is 0 Å². The molecule has 1 aromatic heterocycles. The van der Waals surface area contributed by atoms with Crippen molar-refractivity contribution in [3.63, 3.8) is 0 Å². The van der Waals surface area contributed by atoms with Crippen molar-refractivity contribution < 1.29 is 17.9 Å². The van der Waals surface area contributed by atoms with Crippen LogP contribution < -0.4 is 4.31 Å². The second kappa shape index (κ2) is 6.85. The summed E-state index contributed by atoms with van der Waals surface area (Å²) in [6.07, 6.45) is 1.98. The minimum Gasteiger partial charge on any atom is -0.463 e. The summed E-state index contributed by atoms with van der Waals surface area (Å²) in [5.74, 6) is -0.795. The number of sulfonamides is 1. The quantitative estimate of drug-likeness (QED) is 0.750. The van der Waals surface area contributed by atoms with E-state index < -0.39 is 16.0 Å². The van der Waals surface area contributed by atoms with E-state index in [2.05, 4.69) is 14.8 Å². The molecule has 0 N–H and O–H groups in total. The topological polar surface area (TPSA) is 94.4 Å². The molecule has 0 atom stereocenters. The Hall–Kier alpha value is -2.39. The molecule has 0 spiro atoms. The van der Waals surface area contributed by atoms with Crippen molar-refractivity contribution in [1.29, 1.82) is 0 Å². The Bertz CT molecular complexity index is 939. The number of hydrogen-bond donors (Lipinski definition) is 0. The number of hydrogen-bond acceptors (Lipinski definition) is 6. The first-order valence-corrected chi connectivity index (χ1v) is 9.29. The monoisotopic (exact) mass is 382 g/mol. The van der Waals surface area contributed by atoms with Gasteiger partial charge < -0.3 is 4.74 Å². The van der Waals surface area contributed by atoms with Crippen molar-refractivity contribution in [1.82, 2.24) is 14.8 Å². The van der Waals surface area contributed by atoms with Crippen molar-refractivity contribution >= 4 is 39.6 Å². The first kappa shape index (κ1) is 17.4. The molecule has 0 radical (unpaired) electrons. The Balaban J connectivity index is 1.93. The van der Waals surface area contributed by atoms with Crippen LogP contribution in [0, 0.1) is 0 Å². The first-order chi connectivity index (χ1) is 11.9. The van der Waals surface area contributed by atoms with Crippen molar-refractivity contribution in [2.24, 2.45) is 0 Å². The Labute approximate surface area is 149 Å². The van der Waals surface area contributed by atoms with Gasteiger partial charge in [0.05, 0.1) is 12.5 Å². The Morgan fingerprint density at radius 3 is 2.80 bits per heavy atom. The molecular formula is C15H15ClN4O4S. The number of methoxy groups -OCH3 is 1. The molecule has 25 heavy (non-hydrogen) atoms. The van der Waals surface area contributed by atoms with Crippen LogP contribution in [0.1, 0.15) is 22.6 Å². The minimum absolute atomic E-state index is 0.0930. The molecule has 0 amide bonds. The fraction of sp³-hybridized carbons (Fsp3) is 0.267. The third-order valence-corrected chi connectivity index (χ3v) is 5.39. The van der Waals surface area contributed by atoms with E-state index in [-0.39, 0.29) is 18.3 Å². The summed E-state index contributed by atoms with van der Waals surface area (Å²) >= 11 is 6.04. The molecule has 0 saturated carbocycles. The van der Waals surface area contributed by atoms with Crippen LogP contribution in [0.2, 0.25) is 5.02 Å². The molecule has 0 unspecified atom stereocenters. The van der Waals surface area contributed by atoms with E-state index in [1.807, 2.05) is 0 Å². The second-order valence-corrected chi connectivity index (χ2v) is 7.40. The number of carbonyl (C=O) groups is 1. The Morgan fingerprint density at radius 1 is 1.32 bits per heavy atom. The maximum absolute atomic E-state index is 12.7. The number of anilines is 1.